The lowest BCUT2D eigenvalue weighted by molar-refractivity contribution is 0.0206. The molecule has 0 spiro atoms. The fraction of sp³-hybridized carbons (Fsp3) is 0.237. The van der Waals surface area contributed by atoms with Crippen molar-refractivity contribution < 1.29 is 18.7 Å². The Morgan fingerprint density at radius 2 is 1.65 bits per heavy atom. The molecular weight excluding hydrogens is 643 g/mol. The van der Waals surface area contributed by atoms with Crippen LogP contribution in [0.15, 0.2) is 108 Å². The molecule has 0 unspecified atom stereocenters. The van der Waals surface area contributed by atoms with Gasteiger partial charge in [0, 0.05) is 42.7 Å². The minimum atomic E-state index is -0.767. The van der Waals surface area contributed by atoms with E-state index in [-0.39, 0.29) is 34.5 Å². The molecule has 0 saturated carbocycles. The van der Waals surface area contributed by atoms with Gasteiger partial charge in [0.15, 0.2) is 11.6 Å². The Labute approximate surface area is 289 Å². The zero-order valence-electron chi connectivity index (χ0n) is 27.4. The lowest BCUT2D eigenvalue weighted by Gasteiger charge is -2.34. The number of likely N-dealkylation sites (tertiary alicyclic amines) is 1. The van der Waals surface area contributed by atoms with Gasteiger partial charge in [-0.15, -0.1) is 0 Å². The summed E-state index contributed by atoms with van der Waals surface area (Å²) in [6.07, 6.45) is 4.49. The van der Waals surface area contributed by atoms with E-state index in [0.29, 0.717) is 36.0 Å². The summed E-state index contributed by atoms with van der Waals surface area (Å²) in [5.74, 6) is -0.354. The monoisotopic (exact) mass is 678 g/mol. The third kappa shape index (κ3) is 8.39. The number of aromatic nitrogens is 3. The summed E-state index contributed by atoms with van der Waals surface area (Å²) in [5.41, 5.74) is 3.12. The molecule has 1 aliphatic heterocycles. The molecule has 49 heavy (non-hydrogen) atoms. The second-order valence-electron chi connectivity index (χ2n) is 12.5. The standard InChI is InChI=1S/C38H36ClFN6O3/c1-38(2,3)49-37(47)46-23-11-16-27(24-46)43-36-42-22-20-29(45-36)28-17-10-21-41-35(28)48-31-19-18-30(32(39)33(31)40)44-34(25-12-6-4-7-13-25)26-14-8-5-9-15-26/h4-10,12-15,17-22,27H,11,16,23-24H2,1-3H3,(H,42,43,45)/t27-/m0/s1. The van der Waals surface area contributed by atoms with Crippen molar-refractivity contribution in [3.8, 4) is 22.9 Å². The first-order chi connectivity index (χ1) is 23.6. The van der Waals surface area contributed by atoms with E-state index in [1.165, 1.54) is 6.07 Å². The first kappa shape index (κ1) is 33.5. The number of pyridine rings is 1. The lowest BCUT2D eigenvalue weighted by Crippen LogP contribution is -2.47. The minimum Gasteiger partial charge on any atom is -0.444 e. The summed E-state index contributed by atoms with van der Waals surface area (Å²) in [6.45, 7) is 6.63. The number of amides is 1. The number of nitrogens with one attached hydrogen (secondary N) is 1. The highest BCUT2D eigenvalue weighted by atomic mass is 35.5. The average Bonchev–Trinajstić information content (AvgIpc) is 3.10. The molecule has 3 heterocycles. The van der Waals surface area contributed by atoms with E-state index in [0.717, 1.165) is 24.0 Å². The molecule has 1 saturated heterocycles. The molecule has 0 aliphatic carbocycles. The highest BCUT2D eigenvalue weighted by Crippen LogP contribution is 2.38. The predicted octanol–water partition coefficient (Wildman–Crippen LogP) is 9.10. The summed E-state index contributed by atoms with van der Waals surface area (Å²) in [6, 6.07) is 27.6. The first-order valence-electron chi connectivity index (χ1n) is 16.0. The third-order valence-corrected chi connectivity index (χ3v) is 8.03. The van der Waals surface area contributed by atoms with E-state index in [1.807, 2.05) is 81.4 Å². The van der Waals surface area contributed by atoms with Gasteiger partial charge in [-0.05, 0) is 63.9 Å². The van der Waals surface area contributed by atoms with Crippen molar-refractivity contribution in [3.05, 3.63) is 125 Å². The number of ether oxygens (including phenoxy) is 2. The molecule has 6 rings (SSSR count). The third-order valence-electron chi connectivity index (χ3n) is 7.67. The van der Waals surface area contributed by atoms with Crippen molar-refractivity contribution in [1.82, 2.24) is 19.9 Å². The van der Waals surface area contributed by atoms with E-state index in [2.05, 4.69) is 15.3 Å². The molecule has 0 radical (unpaired) electrons. The fourth-order valence-electron chi connectivity index (χ4n) is 5.41. The van der Waals surface area contributed by atoms with E-state index in [4.69, 9.17) is 31.1 Å². The van der Waals surface area contributed by atoms with Crippen LogP contribution in [0.25, 0.3) is 11.3 Å². The Morgan fingerprint density at radius 1 is 0.939 bits per heavy atom. The molecular formula is C38H36ClFN6O3. The van der Waals surface area contributed by atoms with Gasteiger partial charge in [0.25, 0.3) is 0 Å². The summed E-state index contributed by atoms with van der Waals surface area (Å²) in [5, 5.41) is 3.17. The zero-order valence-corrected chi connectivity index (χ0v) is 28.2. The molecule has 1 fully saturated rings. The zero-order chi connectivity index (χ0) is 34.4. The largest absolute Gasteiger partial charge is 0.444 e. The Bertz CT molecular complexity index is 1910. The molecule has 1 N–H and O–H groups in total. The Hall–Kier alpha value is -5.35. The van der Waals surface area contributed by atoms with Crippen LogP contribution in [0.3, 0.4) is 0 Å². The number of benzene rings is 3. The molecule has 0 bridgehead atoms. The number of rotatable bonds is 8. The molecule has 1 amide bonds. The summed E-state index contributed by atoms with van der Waals surface area (Å²) < 4.78 is 27.4. The number of nitrogens with zero attached hydrogens (tertiary/aromatic N) is 5. The number of carbonyl (C=O) groups excluding carboxylic acids is 1. The average molecular weight is 679 g/mol. The number of hydrogen-bond donors (Lipinski definition) is 1. The molecule has 1 atom stereocenters. The van der Waals surface area contributed by atoms with Crippen LogP contribution >= 0.6 is 11.6 Å². The molecule has 2 aromatic heterocycles. The highest BCUT2D eigenvalue weighted by molar-refractivity contribution is 6.33. The van der Waals surface area contributed by atoms with Crippen LogP contribution in [0.1, 0.15) is 44.7 Å². The molecule has 1 aliphatic rings. The molecule has 11 heteroatoms. The molecule has 9 nitrogen and oxygen atoms in total. The normalized spacial score (nSPS) is 14.6. The van der Waals surface area contributed by atoms with Gasteiger partial charge in [-0.1, -0.05) is 72.3 Å². The van der Waals surface area contributed by atoms with Crippen LogP contribution in [-0.4, -0.2) is 56.4 Å². The minimum absolute atomic E-state index is 0.0668. The van der Waals surface area contributed by atoms with Gasteiger partial charge in [-0.25, -0.2) is 29.1 Å². The Kier molecular flexibility index (Phi) is 10.1. The van der Waals surface area contributed by atoms with Gasteiger partial charge in [-0.2, -0.15) is 0 Å². The van der Waals surface area contributed by atoms with Crippen molar-refractivity contribution >= 4 is 35.0 Å². The van der Waals surface area contributed by atoms with Crippen molar-refractivity contribution in [1.29, 1.82) is 0 Å². The fourth-order valence-corrected chi connectivity index (χ4v) is 5.61. The SMILES string of the molecule is CC(C)(C)OC(=O)N1CCC[C@H](Nc2nccc(-c3cccnc3Oc3ccc(N=C(c4ccccc4)c4ccccc4)c(Cl)c3F)n2)C1. The van der Waals surface area contributed by atoms with Gasteiger partial charge in [0.05, 0.1) is 22.7 Å². The second-order valence-corrected chi connectivity index (χ2v) is 12.9. The van der Waals surface area contributed by atoms with Crippen LogP contribution in [0.5, 0.6) is 11.6 Å². The van der Waals surface area contributed by atoms with E-state index >= 15 is 4.39 Å². The maximum atomic E-state index is 15.8. The maximum Gasteiger partial charge on any atom is 0.410 e. The van der Waals surface area contributed by atoms with E-state index < -0.39 is 11.4 Å². The second kappa shape index (κ2) is 14.8. The van der Waals surface area contributed by atoms with Crippen molar-refractivity contribution in [2.75, 3.05) is 18.4 Å². The molecule has 5 aromatic rings. The molecule has 250 valence electrons. The Balaban J connectivity index is 1.22. The smallest absolute Gasteiger partial charge is 0.410 e. The Morgan fingerprint density at radius 3 is 2.35 bits per heavy atom. The summed E-state index contributed by atoms with van der Waals surface area (Å²) >= 11 is 6.57. The van der Waals surface area contributed by atoms with Gasteiger partial charge in [0.1, 0.15) is 10.6 Å². The van der Waals surface area contributed by atoms with Gasteiger partial charge in [0.2, 0.25) is 11.8 Å². The number of carbonyl (C=O) groups is 1. The first-order valence-corrected chi connectivity index (χ1v) is 16.4. The topological polar surface area (TPSA) is 102 Å². The summed E-state index contributed by atoms with van der Waals surface area (Å²) in [7, 11) is 0. The maximum absolute atomic E-state index is 15.8. The molecule has 3 aromatic carbocycles. The van der Waals surface area contributed by atoms with Crippen molar-refractivity contribution in [2.24, 2.45) is 4.99 Å². The van der Waals surface area contributed by atoms with Crippen LogP contribution in [0, 0.1) is 5.82 Å². The van der Waals surface area contributed by atoms with Gasteiger partial charge in [-0.3, -0.25) is 0 Å². The summed E-state index contributed by atoms with van der Waals surface area (Å²) in [4.78, 5) is 32.6. The lowest BCUT2D eigenvalue weighted by atomic mass is 10.0. The van der Waals surface area contributed by atoms with Gasteiger partial charge >= 0.3 is 6.09 Å². The number of hydrogen-bond acceptors (Lipinski definition) is 8. The van der Waals surface area contributed by atoms with Gasteiger partial charge < -0.3 is 19.7 Å². The number of aliphatic imine (C=N–C) groups is 1. The van der Waals surface area contributed by atoms with Crippen molar-refractivity contribution in [3.63, 3.8) is 0 Å². The predicted molar refractivity (Wildman–Crippen MR) is 189 cm³/mol. The van der Waals surface area contributed by atoms with Crippen LogP contribution in [-0.2, 0) is 4.74 Å². The van der Waals surface area contributed by atoms with Crippen LogP contribution in [0.2, 0.25) is 5.02 Å². The number of halogens is 2. The number of anilines is 1. The van der Waals surface area contributed by atoms with Crippen molar-refractivity contribution in [2.45, 2.75) is 45.3 Å². The van der Waals surface area contributed by atoms with E-state index in [9.17, 15) is 4.79 Å². The van der Waals surface area contributed by atoms with Crippen LogP contribution in [0.4, 0.5) is 20.8 Å². The number of piperidine rings is 1. The van der Waals surface area contributed by atoms with Crippen LogP contribution < -0.4 is 10.1 Å². The quantitative estimate of drug-likeness (QED) is 0.163. The highest BCUT2D eigenvalue weighted by Gasteiger charge is 2.28. The van der Waals surface area contributed by atoms with E-state index in [1.54, 1.807) is 41.6 Å².